The van der Waals surface area contributed by atoms with Crippen LogP contribution < -0.4 is 19.5 Å². The monoisotopic (exact) mass is 601 g/mol. The Balaban J connectivity index is 1.56. The fraction of sp³-hybridized carbons (Fsp3) is 0.344. The van der Waals surface area contributed by atoms with E-state index in [0.29, 0.717) is 29.5 Å². The lowest BCUT2D eigenvalue weighted by Gasteiger charge is -2.17. The van der Waals surface area contributed by atoms with Crippen molar-refractivity contribution in [1.82, 2.24) is 5.32 Å². The molecular formula is C32H34F3NO7. The van der Waals surface area contributed by atoms with E-state index in [4.69, 9.17) is 14.2 Å². The highest BCUT2D eigenvalue weighted by Gasteiger charge is 2.35. The van der Waals surface area contributed by atoms with Crippen molar-refractivity contribution in [3.05, 3.63) is 89.0 Å². The van der Waals surface area contributed by atoms with Gasteiger partial charge in [0.15, 0.2) is 0 Å². The van der Waals surface area contributed by atoms with E-state index in [1.807, 2.05) is 0 Å². The highest BCUT2D eigenvalue weighted by molar-refractivity contribution is 5.97. The molecule has 1 atom stereocenters. The first-order chi connectivity index (χ1) is 20.5. The minimum absolute atomic E-state index is 0.169. The zero-order valence-corrected chi connectivity index (χ0v) is 23.9. The van der Waals surface area contributed by atoms with E-state index in [0.717, 1.165) is 32.1 Å². The molecule has 43 heavy (non-hydrogen) atoms. The first-order valence-corrected chi connectivity index (χ1v) is 13.8. The number of rotatable bonds is 15. The van der Waals surface area contributed by atoms with Gasteiger partial charge >= 0.3 is 18.1 Å². The number of alkyl halides is 3. The molecule has 11 heteroatoms. The molecule has 8 nitrogen and oxygen atoms in total. The number of methoxy groups -OCH3 is 1. The van der Waals surface area contributed by atoms with Crippen LogP contribution in [0.2, 0.25) is 0 Å². The zero-order valence-electron chi connectivity index (χ0n) is 23.9. The molecular weight excluding hydrogens is 567 g/mol. The van der Waals surface area contributed by atoms with Crippen LogP contribution in [0, 0.1) is 0 Å². The van der Waals surface area contributed by atoms with Gasteiger partial charge in [-0.25, -0.2) is 9.59 Å². The third-order valence-electron chi connectivity index (χ3n) is 6.55. The molecule has 0 aliphatic rings. The summed E-state index contributed by atoms with van der Waals surface area (Å²) in [5, 5.41) is 11.9. The molecule has 0 radical (unpaired) electrons. The van der Waals surface area contributed by atoms with E-state index in [1.54, 1.807) is 24.3 Å². The lowest BCUT2D eigenvalue weighted by atomic mass is 10.0. The number of hydrogen-bond donors (Lipinski definition) is 2. The highest BCUT2D eigenvalue weighted by atomic mass is 19.4. The van der Waals surface area contributed by atoms with Crippen LogP contribution in [0.1, 0.15) is 70.9 Å². The quantitative estimate of drug-likeness (QED) is 0.113. The number of halogens is 3. The Kier molecular flexibility index (Phi) is 12.0. The van der Waals surface area contributed by atoms with E-state index >= 15 is 0 Å². The average Bonchev–Trinajstić information content (AvgIpc) is 2.98. The molecule has 0 saturated heterocycles. The Morgan fingerprint density at radius 1 is 0.860 bits per heavy atom. The van der Waals surface area contributed by atoms with Gasteiger partial charge in [0.05, 0.1) is 24.8 Å². The van der Waals surface area contributed by atoms with Crippen molar-refractivity contribution in [2.45, 2.75) is 57.7 Å². The number of carboxylic acid groups (broad SMARTS) is 1. The second-order valence-corrected chi connectivity index (χ2v) is 9.80. The summed E-state index contributed by atoms with van der Waals surface area (Å²) in [6.45, 7) is 2.77. The maximum atomic E-state index is 13.3. The minimum Gasteiger partial charge on any atom is -0.496 e. The molecule has 0 fully saturated rings. The predicted octanol–water partition coefficient (Wildman–Crippen LogP) is 6.71. The highest BCUT2D eigenvalue weighted by Crippen LogP contribution is 2.36. The fourth-order valence-corrected chi connectivity index (χ4v) is 4.19. The number of carboxylic acids is 1. The summed E-state index contributed by atoms with van der Waals surface area (Å²) in [4.78, 5) is 37.0. The van der Waals surface area contributed by atoms with Crippen molar-refractivity contribution in [1.29, 1.82) is 0 Å². The number of carbonyl (C=O) groups is 3. The second kappa shape index (κ2) is 15.6. The number of hydrogen-bond acceptors (Lipinski definition) is 6. The molecule has 230 valence electrons. The fourth-order valence-electron chi connectivity index (χ4n) is 4.19. The Morgan fingerprint density at radius 2 is 1.49 bits per heavy atom. The van der Waals surface area contributed by atoms with Crippen molar-refractivity contribution in [3.8, 4) is 17.2 Å². The smallest absolute Gasteiger partial charge is 0.419 e. The maximum Gasteiger partial charge on any atom is 0.419 e. The minimum atomic E-state index is -4.77. The summed E-state index contributed by atoms with van der Waals surface area (Å²) in [6, 6.07) is 13.9. The van der Waals surface area contributed by atoms with Crippen LogP contribution in [0.15, 0.2) is 66.7 Å². The number of aliphatic carboxylic acids is 1. The summed E-state index contributed by atoms with van der Waals surface area (Å²) in [7, 11) is 1.07. The molecule has 3 rings (SSSR count). The number of carbonyl (C=O) groups excluding carboxylic acids is 2. The third kappa shape index (κ3) is 10.1. The van der Waals surface area contributed by atoms with Gasteiger partial charge < -0.3 is 24.6 Å². The summed E-state index contributed by atoms with van der Waals surface area (Å²) >= 11 is 0. The van der Waals surface area contributed by atoms with E-state index in [-0.39, 0.29) is 17.7 Å². The van der Waals surface area contributed by atoms with Crippen LogP contribution in [0.5, 0.6) is 17.2 Å². The summed E-state index contributed by atoms with van der Waals surface area (Å²) < 4.78 is 55.8. The molecule has 3 aromatic rings. The van der Waals surface area contributed by atoms with Crippen molar-refractivity contribution in [3.63, 3.8) is 0 Å². The molecule has 2 N–H and O–H groups in total. The first kappa shape index (κ1) is 33.0. The topological polar surface area (TPSA) is 111 Å². The van der Waals surface area contributed by atoms with Gasteiger partial charge in [0.25, 0.3) is 5.91 Å². The van der Waals surface area contributed by atoms with Gasteiger partial charge in [-0.05, 0) is 66.6 Å². The van der Waals surface area contributed by atoms with Crippen LogP contribution >= 0.6 is 0 Å². The van der Waals surface area contributed by atoms with Crippen LogP contribution in [0.4, 0.5) is 13.2 Å². The normalized spacial score (nSPS) is 11.8. The number of nitrogens with one attached hydrogen (secondary N) is 1. The third-order valence-corrected chi connectivity index (χ3v) is 6.55. The average molecular weight is 602 g/mol. The van der Waals surface area contributed by atoms with Crippen LogP contribution in [-0.2, 0) is 17.4 Å². The van der Waals surface area contributed by atoms with Gasteiger partial charge in [-0.15, -0.1) is 0 Å². The Labute approximate surface area is 247 Å². The second-order valence-electron chi connectivity index (χ2n) is 9.80. The Hall–Kier alpha value is -4.54. The lowest BCUT2D eigenvalue weighted by molar-refractivity contribution is -0.140. The van der Waals surface area contributed by atoms with Gasteiger partial charge in [0.1, 0.15) is 23.3 Å². The van der Waals surface area contributed by atoms with Crippen LogP contribution in [0.25, 0.3) is 0 Å². The zero-order chi connectivity index (χ0) is 31.4. The van der Waals surface area contributed by atoms with Crippen molar-refractivity contribution < 1.29 is 46.9 Å². The summed E-state index contributed by atoms with van der Waals surface area (Å²) in [5.41, 5.74) is -0.726. The Bertz CT molecular complexity index is 1370. The number of benzene rings is 3. The molecule has 0 heterocycles. The molecule has 3 aromatic carbocycles. The molecule has 0 saturated carbocycles. The standard InChI is InChI=1S/C32H34F3NO7/c1-3-4-5-6-7-18-42-24-15-10-22(11-16-24)31(40)43-25-13-8-21(9-14-25)19-27(30(38)39)36-29(37)23-12-17-28(41-2)26(20-23)32(33,34)35/h8-17,20,27H,3-7,18-19H2,1-2H3,(H,36,37)(H,38,39). The van der Waals surface area contributed by atoms with Gasteiger partial charge in [0, 0.05) is 12.0 Å². The molecule has 1 unspecified atom stereocenters. The number of unbranched alkanes of at least 4 members (excludes halogenated alkanes) is 4. The number of amides is 1. The summed E-state index contributed by atoms with van der Waals surface area (Å²) in [5.74, 6) is -2.55. The predicted molar refractivity (Wildman–Crippen MR) is 153 cm³/mol. The lowest BCUT2D eigenvalue weighted by Crippen LogP contribution is -2.42. The van der Waals surface area contributed by atoms with E-state index in [2.05, 4.69) is 12.2 Å². The molecule has 0 aliphatic heterocycles. The molecule has 1 amide bonds. The van der Waals surface area contributed by atoms with Crippen LogP contribution in [0.3, 0.4) is 0 Å². The Morgan fingerprint density at radius 3 is 2.09 bits per heavy atom. The van der Waals surface area contributed by atoms with Gasteiger partial charge in [0.2, 0.25) is 0 Å². The van der Waals surface area contributed by atoms with E-state index < -0.39 is 41.4 Å². The molecule has 0 aromatic heterocycles. The SMILES string of the molecule is CCCCCCCOc1ccc(C(=O)Oc2ccc(CC(NC(=O)c3ccc(OC)c(C(F)(F)F)c3)C(=O)O)cc2)cc1. The van der Waals surface area contributed by atoms with Crippen LogP contribution in [-0.4, -0.2) is 42.7 Å². The molecule has 0 spiro atoms. The van der Waals surface area contributed by atoms with Crippen molar-refractivity contribution in [2.75, 3.05) is 13.7 Å². The van der Waals surface area contributed by atoms with Crippen molar-refractivity contribution >= 4 is 17.8 Å². The van der Waals surface area contributed by atoms with Gasteiger partial charge in [-0.3, -0.25) is 4.79 Å². The number of esters is 1. The first-order valence-electron chi connectivity index (χ1n) is 13.8. The number of ether oxygens (including phenoxy) is 3. The van der Waals surface area contributed by atoms with E-state index in [1.165, 1.54) is 43.5 Å². The maximum absolute atomic E-state index is 13.3. The largest absolute Gasteiger partial charge is 0.496 e. The molecule has 0 aliphatic carbocycles. The van der Waals surface area contributed by atoms with Crippen molar-refractivity contribution in [2.24, 2.45) is 0 Å². The summed E-state index contributed by atoms with van der Waals surface area (Å²) in [6.07, 6.45) is 0.704. The van der Waals surface area contributed by atoms with Gasteiger partial charge in [-0.2, -0.15) is 13.2 Å². The van der Waals surface area contributed by atoms with E-state index in [9.17, 15) is 32.7 Å². The van der Waals surface area contributed by atoms with Gasteiger partial charge in [-0.1, -0.05) is 44.7 Å². The molecule has 0 bridgehead atoms.